The summed E-state index contributed by atoms with van der Waals surface area (Å²) in [5.41, 5.74) is 1.88. The third kappa shape index (κ3) is 7.27. The highest BCUT2D eigenvalue weighted by Crippen LogP contribution is 2.23. The van der Waals surface area contributed by atoms with Crippen LogP contribution in [0.1, 0.15) is 41.5 Å². The van der Waals surface area contributed by atoms with E-state index < -0.39 is 0 Å². The molecule has 2 rings (SSSR count). The lowest BCUT2D eigenvalue weighted by Crippen LogP contribution is -2.36. The van der Waals surface area contributed by atoms with Crippen molar-refractivity contribution in [2.45, 2.75) is 52.6 Å². The second-order valence-electron chi connectivity index (χ2n) is 7.64. The summed E-state index contributed by atoms with van der Waals surface area (Å²) in [5.74, 6) is 0. The number of rotatable bonds is 3. The van der Waals surface area contributed by atoms with E-state index in [1.807, 2.05) is 69.3 Å². The van der Waals surface area contributed by atoms with Crippen LogP contribution in [0.5, 0.6) is 0 Å². The molecule has 24 heavy (non-hydrogen) atoms. The molecule has 0 aliphatic heterocycles. The van der Waals surface area contributed by atoms with Crippen LogP contribution in [-0.4, -0.2) is 11.1 Å². The van der Waals surface area contributed by atoms with Crippen LogP contribution in [0.25, 0.3) is 0 Å². The average Bonchev–Trinajstić information content (AvgIpc) is 2.47. The highest BCUT2D eigenvalue weighted by atomic mass is 16.3. The fourth-order valence-electron chi connectivity index (χ4n) is 2.08. The van der Waals surface area contributed by atoms with Crippen molar-refractivity contribution in [2.75, 3.05) is 10.3 Å². The van der Waals surface area contributed by atoms with E-state index in [0.29, 0.717) is 0 Å². The molecule has 2 aromatic rings. The van der Waals surface area contributed by atoms with E-state index in [0.717, 1.165) is 5.69 Å². The molecular formula is C20H29N3O. The molecule has 0 bridgehead atoms. The summed E-state index contributed by atoms with van der Waals surface area (Å²) in [6, 6.07) is 19.7. The zero-order chi connectivity index (χ0) is 18.2. The third-order valence-corrected chi connectivity index (χ3v) is 3.01. The summed E-state index contributed by atoms with van der Waals surface area (Å²) in [6.45, 7) is 12.3. The van der Waals surface area contributed by atoms with E-state index in [-0.39, 0.29) is 11.1 Å². The Kier molecular flexibility index (Phi) is 6.96. The Morgan fingerprint density at radius 2 is 1.25 bits per heavy atom. The molecule has 130 valence electrons. The van der Waals surface area contributed by atoms with Crippen molar-refractivity contribution in [1.29, 1.82) is 0 Å². The highest BCUT2D eigenvalue weighted by Gasteiger charge is 2.22. The lowest BCUT2D eigenvalue weighted by atomic mass is 10.1. The number of nitroso groups, excluding NO2 is 1. The van der Waals surface area contributed by atoms with Gasteiger partial charge in [0.2, 0.25) is 0 Å². The SMILES string of the molecule is CC(C)(C)N(N=O)c1ccccc1.CC(C)(C)Nc1ccccc1. The van der Waals surface area contributed by atoms with Crippen LogP contribution in [0.2, 0.25) is 0 Å². The van der Waals surface area contributed by atoms with Crippen molar-refractivity contribution in [2.24, 2.45) is 5.29 Å². The summed E-state index contributed by atoms with van der Waals surface area (Å²) in [5, 5.41) is 7.86. The quantitative estimate of drug-likeness (QED) is 0.566. The molecule has 0 aromatic heterocycles. The monoisotopic (exact) mass is 327 g/mol. The summed E-state index contributed by atoms with van der Waals surface area (Å²) >= 11 is 0. The fraction of sp³-hybridized carbons (Fsp3) is 0.400. The molecule has 0 spiro atoms. The van der Waals surface area contributed by atoms with Gasteiger partial charge in [0.25, 0.3) is 0 Å². The largest absolute Gasteiger partial charge is 0.380 e. The van der Waals surface area contributed by atoms with E-state index in [4.69, 9.17) is 0 Å². The number of nitrogens with zero attached hydrogens (tertiary/aromatic N) is 2. The van der Waals surface area contributed by atoms with Crippen molar-refractivity contribution in [3.8, 4) is 0 Å². The second kappa shape index (κ2) is 8.48. The van der Waals surface area contributed by atoms with Gasteiger partial charge in [0.05, 0.1) is 16.5 Å². The molecule has 0 heterocycles. The van der Waals surface area contributed by atoms with E-state index >= 15 is 0 Å². The van der Waals surface area contributed by atoms with Gasteiger partial charge in [-0.05, 0) is 65.8 Å². The third-order valence-electron chi connectivity index (χ3n) is 3.01. The van der Waals surface area contributed by atoms with Crippen molar-refractivity contribution < 1.29 is 0 Å². The van der Waals surface area contributed by atoms with E-state index in [1.165, 1.54) is 10.7 Å². The molecule has 0 fully saturated rings. The van der Waals surface area contributed by atoms with Crippen LogP contribution in [-0.2, 0) is 0 Å². The number of hydrogen-bond donors (Lipinski definition) is 1. The van der Waals surface area contributed by atoms with Gasteiger partial charge in [0.15, 0.2) is 0 Å². The minimum Gasteiger partial charge on any atom is -0.380 e. The van der Waals surface area contributed by atoms with Crippen molar-refractivity contribution in [1.82, 2.24) is 0 Å². The summed E-state index contributed by atoms with van der Waals surface area (Å²) in [6.07, 6.45) is 0. The van der Waals surface area contributed by atoms with Gasteiger partial charge in [0.1, 0.15) is 0 Å². The zero-order valence-electron chi connectivity index (χ0n) is 15.6. The van der Waals surface area contributed by atoms with Gasteiger partial charge in [-0.15, -0.1) is 4.91 Å². The van der Waals surface area contributed by atoms with Gasteiger partial charge >= 0.3 is 0 Å². The molecule has 1 N–H and O–H groups in total. The van der Waals surface area contributed by atoms with E-state index in [2.05, 4.69) is 43.5 Å². The Morgan fingerprint density at radius 3 is 1.62 bits per heavy atom. The Labute approximate surface area is 145 Å². The molecule has 0 saturated heterocycles. The number of anilines is 2. The van der Waals surface area contributed by atoms with Crippen LogP contribution in [0, 0.1) is 4.91 Å². The molecule has 0 atom stereocenters. The Morgan fingerprint density at radius 1 is 0.792 bits per heavy atom. The minimum atomic E-state index is -0.275. The van der Waals surface area contributed by atoms with Crippen LogP contribution < -0.4 is 10.3 Å². The van der Waals surface area contributed by atoms with Gasteiger partial charge in [-0.3, -0.25) is 0 Å². The van der Waals surface area contributed by atoms with Crippen LogP contribution >= 0.6 is 0 Å². The summed E-state index contributed by atoms with van der Waals surface area (Å²) in [4.78, 5) is 10.6. The first kappa shape index (κ1) is 19.7. The molecule has 0 unspecified atom stereocenters. The molecule has 4 heteroatoms. The molecule has 0 radical (unpaired) electrons. The van der Waals surface area contributed by atoms with Crippen LogP contribution in [0.3, 0.4) is 0 Å². The topological polar surface area (TPSA) is 44.7 Å². The Bertz CT molecular complexity index is 598. The van der Waals surface area contributed by atoms with Gasteiger partial charge < -0.3 is 5.32 Å². The predicted octanol–water partition coefficient (Wildman–Crippen LogP) is 5.87. The van der Waals surface area contributed by atoms with Gasteiger partial charge in [-0.1, -0.05) is 36.4 Å². The van der Waals surface area contributed by atoms with Crippen LogP contribution in [0.15, 0.2) is 65.9 Å². The smallest absolute Gasteiger partial charge is 0.0632 e. The summed E-state index contributed by atoms with van der Waals surface area (Å²) < 4.78 is 0. The first-order valence-corrected chi connectivity index (χ1v) is 8.15. The van der Waals surface area contributed by atoms with E-state index in [1.54, 1.807) is 0 Å². The number of para-hydroxylation sites is 2. The maximum absolute atomic E-state index is 10.6. The van der Waals surface area contributed by atoms with Crippen molar-refractivity contribution in [3.63, 3.8) is 0 Å². The lowest BCUT2D eigenvalue weighted by molar-refractivity contribution is 0.513. The predicted molar refractivity (Wildman–Crippen MR) is 104 cm³/mol. The maximum atomic E-state index is 10.6. The average molecular weight is 327 g/mol. The number of nitrogens with one attached hydrogen (secondary N) is 1. The Hall–Kier alpha value is -2.36. The first-order valence-electron chi connectivity index (χ1n) is 8.15. The molecular weight excluding hydrogens is 298 g/mol. The van der Waals surface area contributed by atoms with Crippen LogP contribution in [0.4, 0.5) is 11.4 Å². The van der Waals surface area contributed by atoms with E-state index in [9.17, 15) is 4.91 Å². The highest BCUT2D eigenvalue weighted by molar-refractivity contribution is 5.47. The molecule has 2 aromatic carbocycles. The lowest BCUT2D eigenvalue weighted by Gasteiger charge is -2.29. The molecule has 0 aliphatic rings. The van der Waals surface area contributed by atoms with Gasteiger partial charge in [-0.25, -0.2) is 5.01 Å². The minimum absolute atomic E-state index is 0.154. The number of hydrogen-bond acceptors (Lipinski definition) is 3. The van der Waals surface area contributed by atoms with Crippen molar-refractivity contribution >= 4 is 11.4 Å². The van der Waals surface area contributed by atoms with Gasteiger partial charge in [-0.2, -0.15) is 0 Å². The van der Waals surface area contributed by atoms with Gasteiger partial charge in [0, 0.05) is 11.2 Å². The number of benzene rings is 2. The zero-order valence-corrected chi connectivity index (χ0v) is 15.6. The molecule has 0 saturated carbocycles. The first-order chi connectivity index (χ1) is 11.1. The standard InChI is InChI=1S/C10H14N2O.C10H15N/c1-10(2,3)12(11-13)9-7-5-4-6-8-9;1-10(2,3)11-9-7-5-4-6-8-9/h4-8H,1-3H3;4-8,11H,1-3H3. The molecule has 4 nitrogen and oxygen atoms in total. The normalized spacial score (nSPS) is 11.1. The van der Waals surface area contributed by atoms with Crippen molar-refractivity contribution in [3.05, 3.63) is 65.6 Å². The summed E-state index contributed by atoms with van der Waals surface area (Å²) in [7, 11) is 0. The second-order valence-corrected chi connectivity index (χ2v) is 7.64. The molecule has 0 amide bonds. The Balaban J connectivity index is 0.000000243. The fourth-order valence-corrected chi connectivity index (χ4v) is 2.08. The maximum Gasteiger partial charge on any atom is 0.0632 e. The molecule has 0 aliphatic carbocycles.